The summed E-state index contributed by atoms with van der Waals surface area (Å²) in [5.74, 6) is 1.37. The molecule has 4 aromatic rings. The first-order chi connectivity index (χ1) is 20.2. The van der Waals surface area contributed by atoms with E-state index in [0.717, 1.165) is 39.9 Å². The van der Waals surface area contributed by atoms with Crippen molar-refractivity contribution in [1.29, 1.82) is 0 Å². The molecule has 7 rings (SSSR count). The van der Waals surface area contributed by atoms with E-state index in [4.69, 9.17) is 9.47 Å². The van der Waals surface area contributed by atoms with Crippen LogP contribution in [0.25, 0.3) is 10.9 Å². The van der Waals surface area contributed by atoms with Crippen molar-refractivity contribution in [1.82, 2.24) is 20.1 Å². The Kier molecular flexibility index (Phi) is 5.89. The first kappa shape index (κ1) is 26.2. The van der Waals surface area contributed by atoms with Gasteiger partial charge >= 0.3 is 0 Å². The van der Waals surface area contributed by atoms with Crippen LogP contribution in [-0.2, 0) is 10.2 Å². The molecule has 2 aromatic heterocycles. The van der Waals surface area contributed by atoms with E-state index in [-0.39, 0.29) is 29.3 Å². The van der Waals surface area contributed by atoms with Crippen molar-refractivity contribution in [2.24, 2.45) is 0 Å². The van der Waals surface area contributed by atoms with Gasteiger partial charge in [0.05, 0.1) is 25.2 Å². The first-order valence-electron chi connectivity index (χ1n) is 14.0. The monoisotopic (exact) mass is 570 g/mol. The van der Waals surface area contributed by atoms with Crippen LogP contribution in [0.1, 0.15) is 53.7 Å². The third-order valence-electron chi connectivity index (χ3n) is 8.93. The van der Waals surface area contributed by atoms with Gasteiger partial charge in [-0.2, -0.15) is 5.10 Å². The Bertz CT molecular complexity index is 1740. The number of carbonyl (C=O) groups is 2. The molecule has 42 heavy (non-hydrogen) atoms. The SMILES string of the molecule is COc1ccc2c(c1)[C@]1(C[C@H]1c1ccc3c(Nc4ccc(C(=O)N5CCC(C)(F)CC5)nc4OC)n[nH]c3c1)C(=O)N2. The summed E-state index contributed by atoms with van der Waals surface area (Å²) in [4.78, 5) is 32.1. The topological polar surface area (TPSA) is 121 Å². The number of ether oxygens (including phenoxy) is 2. The molecule has 2 aromatic carbocycles. The Balaban J connectivity index is 1.11. The molecule has 1 aliphatic carbocycles. The largest absolute Gasteiger partial charge is 0.497 e. The number of H-pyrrole nitrogens is 1. The summed E-state index contributed by atoms with van der Waals surface area (Å²) < 4.78 is 25.1. The van der Waals surface area contributed by atoms with E-state index < -0.39 is 11.1 Å². The number of halogens is 1. The zero-order valence-electron chi connectivity index (χ0n) is 23.6. The second-order valence-corrected chi connectivity index (χ2v) is 11.6. The van der Waals surface area contributed by atoms with E-state index in [1.807, 2.05) is 36.4 Å². The average Bonchev–Trinajstić information content (AvgIpc) is 3.55. The van der Waals surface area contributed by atoms with E-state index >= 15 is 0 Å². The Morgan fingerprint density at radius 1 is 1.10 bits per heavy atom. The minimum Gasteiger partial charge on any atom is -0.497 e. The van der Waals surface area contributed by atoms with E-state index in [1.165, 1.54) is 7.11 Å². The number of nitrogens with one attached hydrogen (secondary N) is 3. The molecule has 2 fully saturated rings. The number of carbonyl (C=O) groups excluding carboxylic acids is 2. The third kappa shape index (κ3) is 4.14. The average molecular weight is 571 g/mol. The number of piperidine rings is 1. The molecule has 216 valence electrons. The maximum atomic E-state index is 14.2. The van der Waals surface area contributed by atoms with Gasteiger partial charge in [0.15, 0.2) is 5.82 Å². The van der Waals surface area contributed by atoms with Gasteiger partial charge in [-0.05, 0) is 79.8 Å². The number of methoxy groups -OCH3 is 2. The van der Waals surface area contributed by atoms with Gasteiger partial charge < -0.3 is 25.0 Å². The van der Waals surface area contributed by atoms with Crippen molar-refractivity contribution in [2.45, 2.75) is 43.2 Å². The van der Waals surface area contributed by atoms with Crippen LogP contribution in [0.5, 0.6) is 11.6 Å². The van der Waals surface area contributed by atoms with Crippen molar-refractivity contribution in [3.8, 4) is 11.6 Å². The highest BCUT2D eigenvalue weighted by Crippen LogP contribution is 2.65. The van der Waals surface area contributed by atoms with Crippen LogP contribution in [0.15, 0.2) is 48.5 Å². The summed E-state index contributed by atoms with van der Waals surface area (Å²) in [6.07, 6.45) is 1.34. The number of aromatic amines is 1. The summed E-state index contributed by atoms with van der Waals surface area (Å²) in [7, 11) is 3.11. The number of benzene rings is 2. The Morgan fingerprint density at radius 3 is 2.67 bits per heavy atom. The standard InChI is InChI=1S/C31H31FN6O4/c1-30(32)10-12-38(13-11-30)28(39)24-9-8-23(27(34-24)42-3)33-26-19-6-4-17(14-25(19)36-37-26)21-16-31(21)20-15-18(41-2)5-7-22(20)35-29(31)40/h4-9,14-15,21H,10-13,16H2,1-3H3,(H,35,40)(H2,33,36,37)/t21-,31-/m0/s1. The van der Waals surface area contributed by atoms with Crippen molar-refractivity contribution in [2.75, 3.05) is 37.9 Å². The van der Waals surface area contributed by atoms with E-state index in [2.05, 4.69) is 25.8 Å². The zero-order chi connectivity index (χ0) is 29.2. The molecule has 1 saturated carbocycles. The van der Waals surface area contributed by atoms with Crippen LogP contribution in [-0.4, -0.2) is 64.9 Å². The number of hydrogen-bond donors (Lipinski definition) is 3. The lowest BCUT2D eigenvalue weighted by Gasteiger charge is -2.34. The molecule has 3 N–H and O–H groups in total. The molecule has 2 aliphatic heterocycles. The highest BCUT2D eigenvalue weighted by Gasteiger charge is 2.65. The highest BCUT2D eigenvalue weighted by molar-refractivity contribution is 6.10. The predicted molar refractivity (Wildman–Crippen MR) is 155 cm³/mol. The van der Waals surface area contributed by atoms with Crippen molar-refractivity contribution >= 4 is 39.9 Å². The number of aromatic nitrogens is 3. The Morgan fingerprint density at radius 2 is 1.90 bits per heavy atom. The number of alkyl halides is 1. The van der Waals surface area contributed by atoms with E-state index in [0.29, 0.717) is 37.4 Å². The molecule has 1 saturated heterocycles. The molecule has 0 unspecified atom stereocenters. The van der Waals surface area contributed by atoms with Crippen LogP contribution in [0.2, 0.25) is 0 Å². The van der Waals surface area contributed by atoms with Gasteiger partial charge in [-0.1, -0.05) is 6.07 Å². The Hall–Kier alpha value is -4.67. The molecule has 11 heteroatoms. The molecule has 2 atom stereocenters. The minimum atomic E-state index is -1.24. The zero-order valence-corrected chi connectivity index (χ0v) is 23.6. The van der Waals surface area contributed by atoms with Gasteiger partial charge in [-0.15, -0.1) is 0 Å². The van der Waals surface area contributed by atoms with Crippen LogP contribution >= 0.6 is 0 Å². The van der Waals surface area contributed by atoms with Gasteiger partial charge in [0, 0.05) is 30.1 Å². The molecule has 0 bridgehead atoms. The first-order valence-corrected chi connectivity index (χ1v) is 14.0. The molecular weight excluding hydrogens is 539 g/mol. The number of amides is 2. The molecule has 4 heterocycles. The molecule has 2 amide bonds. The van der Waals surface area contributed by atoms with E-state index in [9.17, 15) is 14.0 Å². The van der Waals surface area contributed by atoms with Gasteiger partial charge in [0.2, 0.25) is 11.8 Å². The number of hydrogen-bond acceptors (Lipinski definition) is 7. The van der Waals surface area contributed by atoms with E-state index in [1.54, 1.807) is 31.1 Å². The summed E-state index contributed by atoms with van der Waals surface area (Å²) >= 11 is 0. The lowest BCUT2D eigenvalue weighted by Crippen LogP contribution is -2.43. The summed E-state index contributed by atoms with van der Waals surface area (Å²) in [6.45, 7) is 2.28. The predicted octanol–water partition coefficient (Wildman–Crippen LogP) is 5.06. The maximum absolute atomic E-state index is 14.2. The normalized spacial score (nSPS) is 22.1. The fourth-order valence-electron chi connectivity index (χ4n) is 6.32. The summed E-state index contributed by atoms with van der Waals surface area (Å²) in [5.41, 5.74) is 2.66. The number of rotatable bonds is 6. The number of fused-ring (bicyclic) bond motifs is 3. The second kappa shape index (κ2) is 9.43. The fraction of sp³-hybridized carbons (Fsp3) is 0.355. The van der Waals surface area contributed by atoms with Gasteiger partial charge in [0.25, 0.3) is 5.91 Å². The van der Waals surface area contributed by atoms with Crippen LogP contribution in [0, 0.1) is 0 Å². The van der Waals surface area contributed by atoms with Crippen molar-refractivity contribution in [3.05, 3.63) is 65.4 Å². The van der Waals surface area contributed by atoms with Crippen LogP contribution in [0.3, 0.4) is 0 Å². The quantitative estimate of drug-likeness (QED) is 0.296. The molecule has 3 aliphatic rings. The van der Waals surface area contributed by atoms with Gasteiger partial charge in [-0.3, -0.25) is 14.7 Å². The Labute approximate surface area is 241 Å². The van der Waals surface area contributed by atoms with Gasteiger partial charge in [0.1, 0.15) is 22.8 Å². The number of likely N-dealkylation sites (tertiary alicyclic amines) is 1. The molecule has 0 radical (unpaired) electrons. The highest BCUT2D eigenvalue weighted by atomic mass is 19.1. The van der Waals surface area contributed by atoms with Crippen LogP contribution in [0.4, 0.5) is 21.6 Å². The lowest BCUT2D eigenvalue weighted by atomic mass is 9.91. The fourth-order valence-corrected chi connectivity index (χ4v) is 6.32. The molecular formula is C31H31FN6O4. The number of pyridine rings is 1. The van der Waals surface area contributed by atoms with Gasteiger partial charge in [-0.25, -0.2) is 9.37 Å². The lowest BCUT2D eigenvalue weighted by molar-refractivity contribution is -0.118. The molecule has 10 nitrogen and oxygen atoms in total. The minimum absolute atomic E-state index is 0.0190. The third-order valence-corrected chi connectivity index (χ3v) is 8.93. The number of anilines is 3. The molecule has 1 spiro atoms. The summed E-state index contributed by atoms with van der Waals surface area (Å²) in [6, 6.07) is 15.1. The number of nitrogens with zero attached hydrogens (tertiary/aromatic N) is 3. The van der Waals surface area contributed by atoms with Crippen LogP contribution < -0.4 is 20.1 Å². The second-order valence-electron chi connectivity index (χ2n) is 11.6. The van der Waals surface area contributed by atoms with Crippen molar-refractivity contribution < 1.29 is 23.5 Å². The smallest absolute Gasteiger partial charge is 0.272 e. The summed E-state index contributed by atoms with van der Waals surface area (Å²) in [5, 5.41) is 14.7. The van der Waals surface area contributed by atoms with Crippen molar-refractivity contribution in [3.63, 3.8) is 0 Å². The maximum Gasteiger partial charge on any atom is 0.272 e.